The molecule has 1 fully saturated rings. The summed E-state index contributed by atoms with van der Waals surface area (Å²) in [5.74, 6) is -1.08. The summed E-state index contributed by atoms with van der Waals surface area (Å²) >= 11 is 0. The van der Waals surface area contributed by atoms with Crippen LogP contribution in [0.25, 0.3) is 0 Å². The minimum absolute atomic E-state index is 0.00128. The quantitative estimate of drug-likeness (QED) is 0.356. The van der Waals surface area contributed by atoms with E-state index in [1.54, 1.807) is 24.1 Å². The van der Waals surface area contributed by atoms with Crippen molar-refractivity contribution in [3.05, 3.63) is 65.5 Å². The SMILES string of the molecule is CN=C(NCCNC(=O)Cc1ccc(F)cc1)NC1CCN(c2c(F)cccc2F)C1. The molecular weight excluding hydrogens is 407 g/mol. The molecule has 9 heteroatoms. The largest absolute Gasteiger partial charge is 0.365 e. The molecule has 1 aliphatic rings. The Bertz CT molecular complexity index is 900. The molecule has 1 unspecified atom stereocenters. The Morgan fingerprint density at radius 3 is 2.42 bits per heavy atom. The molecule has 1 heterocycles. The molecule has 0 aromatic heterocycles. The summed E-state index contributed by atoms with van der Waals surface area (Å²) < 4.78 is 40.9. The van der Waals surface area contributed by atoms with Crippen LogP contribution in [0.1, 0.15) is 12.0 Å². The molecule has 0 spiro atoms. The maximum Gasteiger partial charge on any atom is 0.224 e. The van der Waals surface area contributed by atoms with Crippen molar-refractivity contribution in [2.24, 2.45) is 4.99 Å². The molecule has 0 saturated carbocycles. The summed E-state index contributed by atoms with van der Waals surface area (Å²) in [6.45, 7) is 1.82. The Hall–Kier alpha value is -3.23. The topological polar surface area (TPSA) is 68.8 Å². The summed E-state index contributed by atoms with van der Waals surface area (Å²) in [5, 5.41) is 9.14. The molecule has 0 radical (unpaired) electrons. The Labute approximate surface area is 179 Å². The van der Waals surface area contributed by atoms with E-state index in [1.807, 2.05) is 0 Å². The normalized spacial score (nSPS) is 16.3. The summed E-state index contributed by atoms with van der Waals surface area (Å²) in [6.07, 6.45) is 0.890. The van der Waals surface area contributed by atoms with E-state index in [2.05, 4.69) is 20.9 Å². The van der Waals surface area contributed by atoms with Crippen LogP contribution < -0.4 is 20.9 Å². The van der Waals surface area contributed by atoms with Crippen molar-refractivity contribution in [1.82, 2.24) is 16.0 Å². The minimum Gasteiger partial charge on any atom is -0.365 e. The van der Waals surface area contributed by atoms with Gasteiger partial charge in [0, 0.05) is 39.3 Å². The van der Waals surface area contributed by atoms with E-state index in [-0.39, 0.29) is 29.9 Å². The van der Waals surface area contributed by atoms with Gasteiger partial charge in [0.15, 0.2) is 5.96 Å². The first-order valence-electron chi connectivity index (χ1n) is 10.1. The Balaban J connectivity index is 1.39. The van der Waals surface area contributed by atoms with Gasteiger partial charge in [0.25, 0.3) is 0 Å². The van der Waals surface area contributed by atoms with Crippen LogP contribution in [0.5, 0.6) is 0 Å². The van der Waals surface area contributed by atoms with Crippen molar-refractivity contribution >= 4 is 17.6 Å². The second kappa shape index (κ2) is 10.7. The first kappa shape index (κ1) is 22.5. The summed E-state index contributed by atoms with van der Waals surface area (Å²) in [7, 11) is 1.63. The number of hydrogen-bond donors (Lipinski definition) is 3. The predicted molar refractivity (Wildman–Crippen MR) is 115 cm³/mol. The molecule has 1 atom stereocenters. The highest BCUT2D eigenvalue weighted by molar-refractivity contribution is 5.80. The maximum atomic E-state index is 14.0. The molecule has 6 nitrogen and oxygen atoms in total. The number of amides is 1. The van der Waals surface area contributed by atoms with Gasteiger partial charge in [-0.1, -0.05) is 18.2 Å². The molecule has 3 N–H and O–H groups in total. The van der Waals surface area contributed by atoms with Crippen molar-refractivity contribution < 1.29 is 18.0 Å². The van der Waals surface area contributed by atoms with Crippen LogP contribution in [0.3, 0.4) is 0 Å². The first-order valence-corrected chi connectivity index (χ1v) is 10.1. The highest BCUT2D eigenvalue weighted by Crippen LogP contribution is 2.26. The number of rotatable bonds is 7. The van der Waals surface area contributed by atoms with Gasteiger partial charge in [-0.3, -0.25) is 9.79 Å². The van der Waals surface area contributed by atoms with Crippen LogP contribution in [0.4, 0.5) is 18.9 Å². The van der Waals surface area contributed by atoms with E-state index in [0.717, 1.165) is 5.56 Å². The lowest BCUT2D eigenvalue weighted by molar-refractivity contribution is -0.120. The van der Waals surface area contributed by atoms with E-state index in [1.165, 1.54) is 30.3 Å². The third-order valence-electron chi connectivity index (χ3n) is 5.02. The Morgan fingerprint density at radius 2 is 1.74 bits per heavy atom. The van der Waals surface area contributed by atoms with Gasteiger partial charge in [0.05, 0.1) is 6.42 Å². The van der Waals surface area contributed by atoms with Gasteiger partial charge in [-0.2, -0.15) is 0 Å². The molecule has 0 aliphatic carbocycles. The molecule has 0 bridgehead atoms. The molecular formula is C22H26F3N5O. The monoisotopic (exact) mass is 433 g/mol. The van der Waals surface area contributed by atoms with Crippen LogP contribution in [0, 0.1) is 17.5 Å². The lowest BCUT2D eigenvalue weighted by atomic mass is 10.1. The zero-order valence-corrected chi connectivity index (χ0v) is 17.3. The highest BCUT2D eigenvalue weighted by atomic mass is 19.1. The van der Waals surface area contributed by atoms with Crippen LogP contribution in [0.2, 0.25) is 0 Å². The van der Waals surface area contributed by atoms with Gasteiger partial charge in [-0.15, -0.1) is 0 Å². The van der Waals surface area contributed by atoms with Crippen molar-refractivity contribution in [3.8, 4) is 0 Å². The average molecular weight is 433 g/mol. The van der Waals surface area contributed by atoms with E-state index < -0.39 is 11.6 Å². The van der Waals surface area contributed by atoms with Crippen LogP contribution in [-0.2, 0) is 11.2 Å². The zero-order valence-electron chi connectivity index (χ0n) is 17.3. The van der Waals surface area contributed by atoms with Gasteiger partial charge >= 0.3 is 0 Å². The molecule has 3 rings (SSSR count). The summed E-state index contributed by atoms with van der Waals surface area (Å²) in [4.78, 5) is 17.8. The van der Waals surface area contributed by atoms with Crippen molar-refractivity contribution in [1.29, 1.82) is 0 Å². The Morgan fingerprint density at radius 1 is 1.06 bits per heavy atom. The molecule has 1 aliphatic heterocycles. The number of carbonyl (C=O) groups is 1. The maximum absolute atomic E-state index is 14.0. The summed E-state index contributed by atoms with van der Waals surface area (Å²) in [6, 6.07) is 9.65. The third kappa shape index (κ3) is 6.37. The fourth-order valence-electron chi connectivity index (χ4n) is 3.49. The first-order chi connectivity index (χ1) is 15.0. The van der Waals surface area contributed by atoms with E-state index in [0.29, 0.717) is 38.6 Å². The lowest BCUT2D eigenvalue weighted by Crippen LogP contribution is -2.46. The number of benzene rings is 2. The number of carbonyl (C=O) groups excluding carboxylic acids is 1. The molecule has 31 heavy (non-hydrogen) atoms. The van der Waals surface area contributed by atoms with Crippen LogP contribution in [-0.4, -0.2) is 51.1 Å². The third-order valence-corrected chi connectivity index (χ3v) is 5.02. The Kier molecular flexibility index (Phi) is 7.75. The number of nitrogens with one attached hydrogen (secondary N) is 3. The predicted octanol–water partition coefficient (Wildman–Crippen LogP) is 2.21. The number of guanidine groups is 1. The molecule has 1 saturated heterocycles. The number of nitrogens with zero attached hydrogens (tertiary/aromatic N) is 2. The van der Waals surface area contributed by atoms with Crippen molar-refractivity contribution in [3.63, 3.8) is 0 Å². The number of aliphatic imine (C=N–C) groups is 1. The van der Waals surface area contributed by atoms with Crippen molar-refractivity contribution in [2.75, 3.05) is 38.1 Å². The van der Waals surface area contributed by atoms with Crippen LogP contribution in [0.15, 0.2) is 47.5 Å². The van der Waals surface area contributed by atoms with Crippen LogP contribution >= 0.6 is 0 Å². The number of halogens is 3. The highest BCUT2D eigenvalue weighted by Gasteiger charge is 2.27. The van der Waals surface area contributed by atoms with Crippen molar-refractivity contribution in [2.45, 2.75) is 18.9 Å². The summed E-state index contributed by atoms with van der Waals surface area (Å²) in [5.41, 5.74) is 0.736. The zero-order chi connectivity index (χ0) is 22.2. The van der Waals surface area contributed by atoms with Gasteiger partial charge in [0.1, 0.15) is 23.1 Å². The smallest absolute Gasteiger partial charge is 0.224 e. The van der Waals surface area contributed by atoms with E-state index in [9.17, 15) is 18.0 Å². The fraction of sp³-hybridized carbons (Fsp3) is 0.364. The molecule has 1 amide bonds. The molecule has 2 aromatic rings. The fourth-order valence-corrected chi connectivity index (χ4v) is 3.49. The number of anilines is 1. The second-order valence-corrected chi connectivity index (χ2v) is 7.30. The molecule has 2 aromatic carbocycles. The van der Waals surface area contributed by atoms with E-state index in [4.69, 9.17) is 0 Å². The van der Waals surface area contributed by atoms with E-state index >= 15 is 0 Å². The van der Waals surface area contributed by atoms with Gasteiger partial charge < -0.3 is 20.9 Å². The standard InChI is InChI=1S/C22H26F3N5O/c1-26-22(28-11-10-27-20(31)13-15-5-7-16(23)8-6-15)29-17-9-12-30(14-17)21-18(24)3-2-4-19(21)25/h2-8,17H,9-14H2,1H3,(H,27,31)(H2,26,28,29). The average Bonchev–Trinajstić information content (AvgIpc) is 3.20. The minimum atomic E-state index is -0.570. The number of para-hydroxylation sites is 1. The lowest BCUT2D eigenvalue weighted by Gasteiger charge is -2.21. The van der Waals surface area contributed by atoms with Gasteiger partial charge in [-0.25, -0.2) is 13.2 Å². The van der Waals surface area contributed by atoms with Gasteiger partial charge in [0.2, 0.25) is 5.91 Å². The second-order valence-electron chi connectivity index (χ2n) is 7.30. The van der Waals surface area contributed by atoms with Gasteiger partial charge in [-0.05, 0) is 36.2 Å². The number of hydrogen-bond acceptors (Lipinski definition) is 3. The molecule has 166 valence electrons.